The highest BCUT2D eigenvalue weighted by molar-refractivity contribution is 5.31. The predicted octanol–water partition coefficient (Wildman–Crippen LogP) is 2.98. The van der Waals surface area contributed by atoms with Gasteiger partial charge in [-0.2, -0.15) is 0 Å². The van der Waals surface area contributed by atoms with E-state index in [0.717, 1.165) is 58.1 Å². The molecule has 1 unspecified atom stereocenters. The van der Waals surface area contributed by atoms with E-state index in [1.807, 2.05) is 18.5 Å². The van der Waals surface area contributed by atoms with E-state index in [9.17, 15) is 0 Å². The van der Waals surface area contributed by atoms with Gasteiger partial charge in [0.2, 0.25) is 5.95 Å². The largest absolute Gasteiger partial charge is 0.338 e. The summed E-state index contributed by atoms with van der Waals surface area (Å²) in [6, 6.07) is 1.87. The van der Waals surface area contributed by atoms with Crippen molar-refractivity contribution in [2.75, 3.05) is 57.3 Å². The lowest BCUT2D eigenvalue weighted by molar-refractivity contribution is 0.234. The number of anilines is 1. The molecule has 2 fully saturated rings. The fourth-order valence-corrected chi connectivity index (χ4v) is 4.37. The Hall–Kier alpha value is -2.16. The third-order valence-corrected chi connectivity index (χ3v) is 6.04. The van der Waals surface area contributed by atoms with Gasteiger partial charge >= 0.3 is 0 Å². The van der Waals surface area contributed by atoms with Gasteiger partial charge in [0.05, 0.1) is 0 Å². The van der Waals surface area contributed by atoms with E-state index in [-0.39, 0.29) is 0 Å². The first kappa shape index (κ1) is 20.1. The number of nitrogens with zero attached hydrogens (tertiary/aromatic N) is 5. The Bertz CT molecular complexity index is 746. The summed E-state index contributed by atoms with van der Waals surface area (Å²) in [5, 5.41) is 0. The molecule has 0 N–H and O–H groups in total. The quantitative estimate of drug-likeness (QED) is 0.721. The van der Waals surface area contributed by atoms with Crippen molar-refractivity contribution in [3.8, 4) is 11.8 Å². The van der Waals surface area contributed by atoms with E-state index < -0.39 is 0 Å². The maximum atomic E-state index is 4.37. The van der Waals surface area contributed by atoms with Crippen molar-refractivity contribution >= 4 is 5.95 Å². The molecule has 1 aromatic rings. The van der Waals surface area contributed by atoms with E-state index in [4.69, 9.17) is 0 Å². The highest BCUT2D eigenvalue weighted by atomic mass is 15.3. The first-order chi connectivity index (χ1) is 14.4. The van der Waals surface area contributed by atoms with Crippen LogP contribution < -0.4 is 4.90 Å². The van der Waals surface area contributed by atoms with Crippen molar-refractivity contribution in [1.29, 1.82) is 0 Å². The lowest BCUT2D eigenvalue weighted by atomic mass is 9.96. The summed E-state index contributed by atoms with van der Waals surface area (Å²) in [6.45, 7) is 8.77. The molecule has 154 valence electrons. The number of allylic oxidation sites excluding steroid dienone is 2. The number of piperazine rings is 1. The molecule has 1 aliphatic carbocycles. The number of likely N-dealkylation sites (tertiary alicyclic amines) is 1. The summed E-state index contributed by atoms with van der Waals surface area (Å²) in [5.74, 6) is 8.19. The SMILES string of the molecule is C(#CC1C=C(CN2CCN(c3ncccn3)CC2)C=CC1)CCN1CCCCC1. The zero-order valence-corrected chi connectivity index (χ0v) is 17.5. The minimum Gasteiger partial charge on any atom is -0.338 e. The summed E-state index contributed by atoms with van der Waals surface area (Å²) in [7, 11) is 0. The second-order valence-corrected chi connectivity index (χ2v) is 8.27. The first-order valence-electron chi connectivity index (χ1n) is 11.2. The number of piperidine rings is 1. The summed E-state index contributed by atoms with van der Waals surface area (Å²) in [6.07, 6.45) is 16.8. The van der Waals surface area contributed by atoms with Crippen LogP contribution in [0.2, 0.25) is 0 Å². The molecule has 2 aliphatic heterocycles. The second-order valence-electron chi connectivity index (χ2n) is 8.27. The van der Waals surface area contributed by atoms with Crippen molar-refractivity contribution in [2.45, 2.75) is 32.1 Å². The molecule has 5 heteroatoms. The van der Waals surface area contributed by atoms with Crippen LogP contribution in [0.25, 0.3) is 0 Å². The molecule has 5 nitrogen and oxygen atoms in total. The summed E-state index contributed by atoms with van der Waals surface area (Å²) in [4.78, 5) is 16.1. The monoisotopic (exact) mass is 391 g/mol. The zero-order valence-electron chi connectivity index (χ0n) is 17.5. The first-order valence-corrected chi connectivity index (χ1v) is 11.2. The van der Waals surface area contributed by atoms with Crippen molar-refractivity contribution in [2.24, 2.45) is 5.92 Å². The van der Waals surface area contributed by atoms with Crippen LogP contribution in [-0.4, -0.2) is 72.1 Å². The number of aromatic nitrogens is 2. The van der Waals surface area contributed by atoms with Crippen molar-refractivity contribution in [1.82, 2.24) is 19.8 Å². The highest BCUT2D eigenvalue weighted by Gasteiger charge is 2.19. The molecule has 0 radical (unpaired) electrons. The number of hydrogen-bond donors (Lipinski definition) is 0. The fraction of sp³-hybridized carbons (Fsp3) is 0.583. The maximum Gasteiger partial charge on any atom is 0.225 e. The Labute approximate surface area is 175 Å². The van der Waals surface area contributed by atoms with Gasteiger partial charge in [-0.1, -0.05) is 30.6 Å². The Morgan fingerprint density at radius 3 is 2.52 bits per heavy atom. The van der Waals surface area contributed by atoms with Crippen LogP contribution >= 0.6 is 0 Å². The summed E-state index contributed by atoms with van der Waals surface area (Å²) < 4.78 is 0. The Balaban J connectivity index is 1.21. The molecule has 0 bridgehead atoms. The van der Waals surface area contributed by atoms with Crippen molar-refractivity contribution in [3.05, 3.63) is 42.3 Å². The van der Waals surface area contributed by atoms with Crippen molar-refractivity contribution < 1.29 is 0 Å². The van der Waals surface area contributed by atoms with Crippen LogP contribution in [0.4, 0.5) is 5.95 Å². The van der Waals surface area contributed by atoms with Gasteiger partial charge in [-0.15, -0.1) is 5.92 Å². The molecule has 1 aromatic heterocycles. The van der Waals surface area contributed by atoms with Gasteiger partial charge in [0, 0.05) is 64.0 Å². The number of rotatable bonds is 5. The Kier molecular flexibility index (Phi) is 7.34. The number of hydrogen-bond acceptors (Lipinski definition) is 5. The molecule has 29 heavy (non-hydrogen) atoms. The average molecular weight is 392 g/mol. The average Bonchev–Trinajstić information content (AvgIpc) is 2.79. The van der Waals surface area contributed by atoms with Gasteiger partial charge in [0.15, 0.2) is 0 Å². The summed E-state index contributed by atoms with van der Waals surface area (Å²) >= 11 is 0. The van der Waals surface area contributed by atoms with Crippen molar-refractivity contribution in [3.63, 3.8) is 0 Å². The fourth-order valence-electron chi connectivity index (χ4n) is 4.37. The van der Waals surface area contributed by atoms with E-state index in [1.165, 1.54) is 37.9 Å². The van der Waals surface area contributed by atoms with Gasteiger partial charge in [-0.05, 0) is 44.0 Å². The maximum absolute atomic E-state index is 4.37. The molecular weight excluding hydrogens is 358 g/mol. The highest BCUT2D eigenvalue weighted by Crippen LogP contribution is 2.18. The zero-order chi connectivity index (χ0) is 19.7. The minimum absolute atomic E-state index is 0.385. The molecule has 0 spiro atoms. The second kappa shape index (κ2) is 10.6. The standard InChI is InChI=1S/C24H33N5/c1-3-13-27(14-4-1)15-5-2-8-22-9-6-10-23(20-22)21-28-16-18-29(19-17-28)24-25-11-7-12-26-24/h6-7,10-12,20,22H,1,3-5,9,13-19,21H2. The van der Waals surface area contributed by atoms with E-state index in [2.05, 4.69) is 54.7 Å². The molecule has 4 rings (SSSR count). The van der Waals surface area contributed by atoms with E-state index in [1.54, 1.807) is 0 Å². The molecule has 1 atom stereocenters. The van der Waals surface area contributed by atoms with Gasteiger partial charge in [0.1, 0.15) is 0 Å². The third-order valence-electron chi connectivity index (χ3n) is 6.04. The van der Waals surface area contributed by atoms with Crippen LogP contribution in [0.1, 0.15) is 32.1 Å². The lowest BCUT2D eigenvalue weighted by Gasteiger charge is -2.35. The van der Waals surface area contributed by atoms with Crippen LogP contribution in [0.5, 0.6) is 0 Å². The minimum atomic E-state index is 0.385. The molecule has 0 aromatic carbocycles. The van der Waals surface area contributed by atoms with Gasteiger partial charge in [-0.25, -0.2) is 9.97 Å². The van der Waals surface area contributed by atoms with Gasteiger partial charge in [-0.3, -0.25) is 4.90 Å². The normalized spacial score (nSPS) is 23.4. The Morgan fingerprint density at radius 2 is 1.72 bits per heavy atom. The van der Waals surface area contributed by atoms with E-state index in [0.29, 0.717) is 5.92 Å². The smallest absolute Gasteiger partial charge is 0.225 e. The molecule has 0 amide bonds. The topological polar surface area (TPSA) is 35.5 Å². The third kappa shape index (κ3) is 6.16. The molecular formula is C24H33N5. The molecule has 3 aliphatic rings. The lowest BCUT2D eigenvalue weighted by Crippen LogP contribution is -2.47. The molecule has 0 saturated carbocycles. The molecule has 3 heterocycles. The van der Waals surface area contributed by atoms with Gasteiger partial charge < -0.3 is 9.80 Å². The summed E-state index contributed by atoms with van der Waals surface area (Å²) in [5.41, 5.74) is 1.41. The molecule has 2 saturated heterocycles. The van der Waals surface area contributed by atoms with Crippen LogP contribution in [0, 0.1) is 17.8 Å². The Morgan fingerprint density at radius 1 is 0.931 bits per heavy atom. The van der Waals surface area contributed by atoms with Crippen LogP contribution in [0.3, 0.4) is 0 Å². The van der Waals surface area contributed by atoms with Crippen LogP contribution in [0.15, 0.2) is 42.3 Å². The van der Waals surface area contributed by atoms with Gasteiger partial charge in [0.25, 0.3) is 0 Å². The predicted molar refractivity (Wildman–Crippen MR) is 119 cm³/mol. The van der Waals surface area contributed by atoms with E-state index >= 15 is 0 Å². The van der Waals surface area contributed by atoms with Crippen LogP contribution in [-0.2, 0) is 0 Å².